The maximum atomic E-state index is 13.8. The molecular formula is C20H22FN3O2. The molecule has 1 aromatic carbocycles. The van der Waals surface area contributed by atoms with Gasteiger partial charge in [0.1, 0.15) is 11.6 Å². The molecule has 6 heteroatoms. The fourth-order valence-electron chi connectivity index (χ4n) is 3.12. The van der Waals surface area contributed by atoms with Crippen molar-refractivity contribution in [2.45, 2.75) is 39.5 Å². The summed E-state index contributed by atoms with van der Waals surface area (Å²) in [6, 6.07) is 4.51. The molecule has 1 saturated heterocycles. The third kappa shape index (κ3) is 3.64. The van der Waals surface area contributed by atoms with Crippen LogP contribution in [-0.2, 0) is 4.79 Å². The third-order valence-electron chi connectivity index (χ3n) is 4.61. The molecule has 0 amide bonds. The summed E-state index contributed by atoms with van der Waals surface area (Å²) in [5.41, 5.74) is 2.42. The predicted octanol–water partition coefficient (Wildman–Crippen LogP) is 3.78. The first-order valence-electron chi connectivity index (χ1n) is 8.81. The minimum Gasteiger partial charge on any atom is -0.340 e. The molecule has 0 radical (unpaired) electrons. The van der Waals surface area contributed by atoms with Gasteiger partial charge in [0.2, 0.25) is 5.95 Å². The molecule has 0 saturated carbocycles. The maximum Gasteiger partial charge on any atom is 0.225 e. The molecule has 136 valence electrons. The van der Waals surface area contributed by atoms with E-state index in [1.165, 1.54) is 13.0 Å². The Morgan fingerprint density at radius 2 is 1.92 bits per heavy atom. The lowest BCUT2D eigenvalue weighted by molar-refractivity contribution is -0.119. The second-order valence-corrected chi connectivity index (χ2v) is 6.90. The number of hydrogen-bond acceptors (Lipinski definition) is 5. The first-order chi connectivity index (χ1) is 12.4. The molecule has 0 aliphatic carbocycles. The van der Waals surface area contributed by atoms with Crippen molar-refractivity contribution in [3.8, 4) is 11.1 Å². The quantitative estimate of drug-likeness (QED) is 0.781. The molecule has 2 heterocycles. The van der Waals surface area contributed by atoms with Gasteiger partial charge in [0.15, 0.2) is 5.78 Å². The smallest absolute Gasteiger partial charge is 0.225 e. The molecular weight excluding hydrogens is 333 g/mol. The Morgan fingerprint density at radius 3 is 2.54 bits per heavy atom. The lowest BCUT2D eigenvalue weighted by Gasteiger charge is -2.27. The van der Waals surface area contributed by atoms with Crippen molar-refractivity contribution in [3.05, 3.63) is 41.5 Å². The van der Waals surface area contributed by atoms with E-state index in [9.17, 15) is 14.0 Å². The van der Waals surface area contributed by atoms with Crippen molar-refractivity contribution in [2.75, 3.05) is 18.0 Å². The number of piperidine rings is 1. The van der Waals surface area contributed by atoms with Gasteiger partial charge >= 0.3 is 0 Å². The second-order valence-electron chi connectivity index (χ2n) is 6.90. The average Bonchev–Trinajstić information content (AvgIpc) is 2.62. The van der Waals surface area contributed by atoms with Crippen LogP contribution < -0.4 is 4.90 Å². The van der Waals surface area contributed by atoms with Gasteiger partial charge < -0.3 is 4.90 Å². The summed E-state index contributed by atoms with van der Waals surface area (Å²) in [6.45, 7) is 6.67. The molecule has 1 aromatic heterocycles. The van der Waals surface area contributed by atoms with Crippen LogP contribution >= 0.6 is 0 Å². The summed E-state index contributed by atoms with van der Waals surface area (Å²) >= 11 is 0. The molecule has 0 N–H and O–H groups in total. The van der Waals surface area contributed by atoms with E-state index >= 15 is 0 Å². The van der Waals surface area contributed by atoms with Crippen molar-refractivity contribution >= 4 is 17.5 Å². The van der Waals surface area contributed by atoms with Crippen molar-refractivity contribution in [3.63, 3.8) is 0 Å². The Balaban J connectivity index is 2.01. The Kier molecular flexibility index (Phi) is 5.11. The highest BCUT2D eigenvalue weighted by Crippen LogP contribution is 2.30. The first-order valence-corrected chi connectivity index (χ1v) is 8.81. The first kappa shape index (κ1) is 18.2. The molecule has 3 rings (SSSR count). The minimum absolute atomic E-state index is 0.0656. The molecule has 1 fully saturated rings. The van der Waals surface area contributed by atoms with Gasteiger partial charge in [-0.1, -0.05) is 19.9 Å². The zero-order valence-corrected chi connectivity index (χ0v) is 15.3. The highest BCUT2D eigenvalue weighted by atomic mass is 19.1. The van der Waals surface area contributed by atoms with Gasteiger partial charge in [-0.25, -0.2) is 14.4 Å². The molecule has 2 aromatic rings. The zero-order valence-electron chi connectivity index (χ0n) is 15.3. The Bertz CT molecular complexity index is 854. The molecule has 0 atom stereocenters. The van der Waals surface area contributed by atoms with Crippen LogP contribution in [0.25, 0.3) is 11.1 Å². The van der Waals surface area contributed by atoms with Gasteiger partial charge in [-0.05, 0) is 30.5 Å². The molecule has 0 bridgehead atoms. The number of anilines is 1. The Labute approximate surface area is 152 Å². The van der Waals surface area contributed by atoms with E-state index in [1.807, 2.05) is 18.7 Å². The second kappa shape index (κ2) is 7.32. The topological polar surface area (TPSA) is 63.2 Å². The summed E-state index contributed by atoms with van der Waals surface area (Å²) < 4.78 is 13.8. The highest BCUT2D eigenvalue weighted by molar-refractivity contribution is 5.95. The monoisotopic (exact) mass is 355 g/mol. The fraction of sp³-hybridized carbons (Fsp3) is 0.400. The van der Waals surface area contributed by atoms with Crippen molar-refractivity contribution in [1.82, 2.24) is 9.97 Å². The summed E-state index contributed by atoms with van der Waals surface area (Å²) in [7, 11) is 0. The van der Waals surface area contributed by atoms with Gasteiger partial charge in [0, 0.05) is 37.7 Å². The van der Waals surface area contributed by atoms with E-state index in [2.05, 4.69) is 4.98 Å². The van der Waals surface area contributed by atoms with Gasteiger partial charge in [0.25, 0.3) is 0 Å². The maximum absolute atomic E-state index is 13.8. The van der Waals surface area contributed by atoms with Crippen LogP contribution in [0.2, 0.25) is 0 Å². The summed E-state index contributed by atoms with van der Waals surface area (Å²) in [5, 5.41) is 0. The number of carbonyl (C=O) groups excluding carboxylic acids is 2. The van der Waals surface area contributed by atoms with E-state index in [4.69, 9.17) is 4.98 Å². The lowest BCUT2D eigenvalue weighted by Crippen LogP contribution is -2.35. The predicted molar refractivity (Wildman–Crippen MR) is 98.0 cm³/mol. The zero-order chi connectivity index (χ0) is 18.8. The lowest BCUT2D eigenvalue weighted by atomic mass is 9.96. The number of aromatic nitrogens is 2. The molecule has 1 aliphatic rings. The van der Waals surface area contributed by atoms with Gasteiger partial charge in [-0.3, -0.25) is 9.59 Å². The van der Waals surface area contributed by atoms with Gasteiger partial charge in [0.05, 0.1) is 11.3 Å². The standard InChI is InChI=1S/C20H22FN3O2/c1-12(2)19-17(14-4-5-18(21)16(10-14)13(3)25)11-22-20(23-19)24-8-6-15(26)7-9-24/h4-5,10-12H,6-9H2,1-3H3. The van der Waals surface area contributed by atoms with E-state index in [0.717, 1.165) is 16.8 Å². The SMILES string of the molecule is CC(=O)c1cc(-c2cnc(N3CCC(=O)CC3)nc2C(C)C)ccc1F. The van der Waals surface area contributed by atoms with Crippen molar-refractivity contribution < 1.29 is 14.0 Å². The number of ketones is 2. The molecule has 1 aliphatic heterocycles. The van der Waals surface area contributed by atoms with Crippen LogP contribution in [0.4, 0.5) is 10.3 Å². The van der Waals surface area contributed by atoms with Crippen LogP contribution in [0.1, 0.15) is 55.6 Å². The van der Waals surface area contributed by atoms with Gasteiger partial charge in [-0.2, -0.15) is 0 Å². The number of hydrogen-bond donors (Lipinski definition) is 0. The van der Waals surface area contributed by atoms with Crippen LogP contribution in [0.3, 0.4) is 0 Å². The number of halogens is 1. The minimum atomic E-state index is -0.525. The van der Waals surface area contributed by atoms with E-state index < -0.39 is 5.82 Å². The Morgan fingerprint density at radius 1 is 1.23 bits per heavy atom. The fourth-order valence-corrected chi connectivity index (χ4v) is 3.12. The third-order valence-corrected chi connectivity index (χ3v) is 4.61. The normalized spacial score (nSPS) is 14.8. The van der Waals surface area contributed by atoms with Crippen LogP contribution in [0, 0.1) is 5.82 Å². The number of rotatable bonds is 4. The van der Waals surface area contributed by atoms with E-state index in [-0.39, 0.29) is 23.0 Å². The number of nitrogens with zero attached hydrogens (tertiary/aromatic N) is 3. The largest absolute Gasteiger partial charge is 0.340 e. The number of carbonyl (C=O) groups is 2. The van der Waals surface area contributed by atoms with Crippen molar-refractivity contribution in [1.29, 1.82) is 0 Å². The van der Waals surface area contributed by atoms with Gasteiger partial charge in [-0.15, -0.1) is 0 Å². The molecule has 0 unspecified atom stereocenters. The summed E-state index contributed by atoms with van der Waals surface area (Å²) in [5.74, 6) is 0.168. The van der Waals surface area contributed by atoms with Crippen LogP contribution in [0.5, 0.6) is 0 Å². The highest BCUT2D eigenvalue weighted by Gasteiger charge is 2.21. The molecule has 5 nitrogen and oxygen atoms in total. The van der Waals surface area contributed by atoms with E-state index in [1.54, 1.807) is 18.3 Å². The van der Waals surface area contributed by atoms with Crippen LogP contribution in [-0.4, -0.2) is 34.6 Å². The average molecular weight is 355 g/mol. The summed E-state index contributed by atoms with van der Waals surface area (Å²) in [4.78, 5) is 34.3. The number of benzene rings is 1. The molecule has 0 spiro atoms. The van der Waals surface area contributed by atoms with Crippen molar-refractivity contribution in [2.24, 2.45) is 0 Å². The Hall–Kier alpha value is -2.63. The summed E-state index contributed by atoms with van der Waals surface area (Å²) in [6.07, 6.45) is 2.76. The van der Waals surface area contributed by atoms with E-state index in [0.29, 0.717) is 31.9 Å². The molecule has 26 heavy (non-hydrogen) atoms. The van der Waals surface area contributed by atoms with Crippen LogP contribution in [0.15, 0.2) is 24.4 Å². The number of Topliss-reactive ketones (excluding diaryl/α,β-unsaturated/α-hetero) is 2.